The zero-order valence-electron chi connectivity index (χ0n) is 11.8. The summed E-state index contributed by atoms with van der Waals surface area (Å²) in [6.45, 7) is 1.47. The van der Waals surface area contributed by atoms with Crippen molar-refractivity contribution in [2.75, 3.05) is 17.3 Å². The van der Waals surface area contributed by atoms with Crippen LogP contribution in [0.5, 0.6) is 0 Å². The van der Waals surface area contributed by atoms with E-state index in [-0.39, 0.29) is 11.5 Å². The van der Waals surface area contributed by atoms with Gasteiger partial charge in [-0.2, -0.15) is 0 Å². The van der Waals surface area contributed by atoms with Crippen molar-refractivity contribution in [1.82, 2.24) is 0 Å². The number of ketones is 1. The molecule has 0 heterocycles. The normalized spacial score (nSPS) is 10.0. The van der Waals surface area contributed by atoms with E-state index in [0.717, 1.165) is 0 Å². The predicted octanol–water partition coefficient (Wildman–Crippen LogP) is 3.70. The Morgan fingerprint density at radius 2 is 1.67 bits per heavy atom. The fraction of sp³-hybridized carbons (Fsp3) is 0.125. The van der Waals surface area contributed by atoms with Crippen molar-refractivity contribution >= 4 is 23.2 Å². The molecule has 21 heavy (non-hydrogen) atoms. The van der Waals surface area contributed by atoms with Gasteiger partial charge in [-0.15, -0.1) is 0 Å². The number of carbonyl (C=O) groups is 2. The summed E-state index contributed by atoms with van der Waals surface area (Å²) >= 11 is 0. The van der Waals surface area contributed by atoms with Gasteiger partial charge < -0.3 is 5.32 Å². The quantitative estimate of drug-likeness (QED) is 0.875. The number of halogens is 1. The molecule has 2 amide bonds. The molecule has 1 N–H and O–H groups in total. The third-order valence-electron chi connectivity index (χ3n) is 3.06. The van der Waals surface area contributed by atoms with Crippen molar-refractivity contribution in [2.24, 2.45) is 0 Å². The van der Waals surface area contributed by atoms with Crippen LogP contribution in [0.1, 0.15) is 17.3 Å². The number of hydrogen-bond donors (Lipinski definition) is 1. The second kappa shape index (κ2) is 6.17. The molecule has 4 nitrogen and oxygen atoms in total. The van der Waals surface area contributed by atoms with Crippen molar-refractivity contribution in [3.63, 3.8) is 0 Å². The van der Waals surface area contributed by atoms with E-state index >= 15 is 0 Å². The minimum atomic E-state index is -0.470. The zero-order valence-corrected chi connectivity index (χ0v) is 11.8. The van der Waals surface area contributed by atoms with Crippen LogP contribution in [-0.2, 0) is 0 Å². The highest BCUT2D eigenvalue weighted by atomic mass is 19.1. The van der Waals surface area contributed by atoms with E-state index in [0.29, 0.717) is 11.3 Å². The molecule has 5 heteroatoms. The van der Waals surface area contributed by atoms with Crippen LogP contribution in [0.3, 0.4) is 0 Å². The smallest absolute Gasteiger partial charge is 0.308 e. The van der Waals surface area contributed by atoms with Crippen LogP contribution in [0.4, 0.5) is 20.6 Å². The van der Waals surface area contributed by atoms with E-state index in [4.69, 9.17) is 0 Å². The molecular formula is C16H15FN2O2. The van der Waals surface area contributed by atoms with Crippen LogP contribution in [-0.4, -0.2) is 18.9 Å². The number of rotatable bonds is 3. The molecule has 0 aromatic heterocycles. The van der Waals surface area contributed by atoms with Gasteiger partial charge in [0, 0.05) is 18.3 Å². The molecule has 0 unspecified atom stereocenters. The van der Waals surface area contributed by atoms with Gasteiger partial charge in [0.05, 0.1) is 5.69 Å². The van der Waals surface area contributed by atoms with Crippen LogP contribution in [0.15, 0.2) is 48.5 Å². The Bertz CT molecular complexity index is 668. The lowest BCUT2D eigenvalue weighted by Crippen LogP contribution is -2.31. The van der Waals surface area contributed by atoms with E-state index in [2.05, 4.69) is 5.32 Å². The van der Waals surface area contributed by atoms with Crippen molar-refractivity contribution in [3.05, 3.63) is 59.9 Å². The second-order valence-electron chi connectivity index (χ2n) is 4.57. The Morgan fingerprint density at radius 3 is 2.24 bits per heavy atom. The average Bonchev–Trinajstić information content (AvgIpc) is 2.47. The molecule has 0 atom stereocenters. The summed E-state index contributed by atoms with van der Waals surface area (Å²) in [5.74, 6) is -0.515. The molecular weight excluding hydrogens is 271 g/mol. The lowest BCUT2D eigenvalue weighted by molar-refractivity contribution is 0.101. The fourth-order valence-electron chi connectivity index (χ4n) is 1.83. The Hall–Kier alpha value is -2.69. The third kappa shape index (κ3) is 3.45. The fourth-order valence-corrected chi connectivity index (χ4v) is 1.83. The van der Waals surface area contributed by atoms with E-state index in [9.17, 15) is 14.0 Å². The Balaban J connectivity index is 2.11. The number of nitrogens with zero attached hydrogens (tertiary/aromatic N) is 1. The standard InChI is InChI=1S/C16H15FN2O2/c1-11(20)12-7-9-13(10-8-12)18-16(21)19(2)15-6-4-3-5-14(15)17/h3-10H,1-2H3,(H,18,21). The summed E-state index contributed by atoms with van der Waals surface area (Å²) in [4.78, 5) is 24.4. The first-order chi connectivity index (χ1) is 9.99. The lowest BCUT2D eigenvalue weighted by atomic mass is 10.1. The highest BCUT2D eigenvalue weighted by molar-refractivity contribution is 6.01. The van der Waals surface area contributed by atoms with Gasteiger partial charge >= 0.3 is 6.03 Å². The minimum Gasteiger partial charge on any atom is -0.308 e. The van der Waals surface area contributed by atoms with Crippen molar-refractivity contribution < 1.29 is 14.0 Å². The number of urea groups is 1. The monoisotopic (exact) mass is 286 g/mol. The van der Waals surface area contributed by atoms with Gasteiger partial charge in [0.2, 0.25) is 0 Å². The van der Waals surface area contributed by atoms with Crippen LogP contribution in [0.25, 0.3) is 0 Å². The van der Waals surface area contributed by atoms with Gasteiger partial charge in [-0.1, -0.05) is 12.1 Å². The minimum absolute atomic E-state index is 0.0450. The number of benzene rings is 2. The van der Waals surface area contributed by atoms with Crippen molar-refractivity contribution in [2.45, 2.75) is 6.92 Å². The number of hydrogen-bond acceptors (Lipinski definition) is 2. The number of Topliss-reactive ketones (excluding diaryl/α,β-unsaturated/α-hetero) is 1. The summed E-state index contributed by atoms with van der Waals surface area (Å²) in [6.07, 6.45) is 0. The molecule has 2 aromatic rings. The molecule has 0 aliphatic rings. The summed E-state index contributed by atoms with van der Waals surface area (Å²) in [7, 11) is 1.48. The molecule has 0 radical (unpaired) electrons. The third-order valence-corrected chi connectivity index (χ3v) is 3.06. The zero-order chi connectivity index (χ0) is 15.4. The Labute approximate surface area is 122 Å². The molecule has 0 aliphatic heterocycles. The van der Waals surface area contributed by atoms with E-state index in [1.807, 2.05) is 0 Å². The number of para-hydroxylation sites is 1. The highest BCUT2D eigenvalue weighted by Crippen LogP contribution is 2.18. The average molecular weight is 286 g/mol. The molecule has 0 bridgehead atoms. The van der Waals surface area contributed by atoms with Crippen LogP contribution < -0.4 is 10.2 Å². The second-order valence-corrected chi connectivity index (χ2v) is 4.57. The molecule has 2 rings (SSSR count). The molecule has 0 spiro atoms. The topological polar surface area (TPSA) is 49.4 Å². The van der Waals surface area contributed by atoms with E-state index in [1.54, 1.807) is 36.4 Å². The molecule has 108 valence electrons. The first kappa shape index (κ1) is 14.7. The van der Waals surface area contributed by atoms with Crippen LogP contribution >= 0.6 is 0 Å². The van der Waals surface area contributed by atoms with Gasteiger partial charge in [0.15, 0.2) is 5.78 Å². The maximum Gasteiger partial charge on any atom is 0.326 e. The maximum atomic E-state index is 13.6. The van der Waals surface area contributed by atoms with Crippen LogP contribution in [0.2, 0.25) is 0 Å². The van der Waals surface area contributed by atoms with Gasteiger partial charge in [-0.3, -0.25) is 9.69 Å². The largest absolute Gasteiger partial charge is 0.326 e. The van der Waals surface area contributed by atoms with E-state index < -0.39 is 11.8 Å². The van der Waals surface area contributed by atoms with Gasteiger partial charge in [0.1, 0.15) is 5.82 Å². The first-order valence-corrected chi connectivity index (χ1v) is 6.39. The van der Waals surface area contributed by atoms with Crippen molar-refractivity contribution in [1.29, 1.82) is 0 Å². The highest BCUT2D eigenvalue weighted by Gasteiger charge is 2.14. The Morgan fingerprint density at radius 1 is 1.05 bits per heavy atom. The summed E-state index contributed by atoms with van der Waals surface area (Å²) in [5.41, 5.74) is 1.29. The summed E-state index contributed by atoms with van der Waals surface area (Å²) in [5, 5.41) is 2.64. The van der Waals surface area contributed by atoms with Gasteiger partial charge in [0.25, 0.3) is 0 Å². The number of carbonyl (C=O) groups excluding carboxylic acids is 2. The SMILES string of the molecule is CC(=O)c1ccc(NC(=O)N(C)c2ccccc2F)cc1. The van der Waals surface area contributed by atoms with Crippen molar-refractivity contribution in [3.8, 4) is 0 Å². The molecule has 0 saturated carbocycles. The predicted molar refractivity (Wildman–Crippen MR) is 80.3 cm³/mol. The first-order valence-electron chi connectivity index (χ1n) is 6.39. The number of nitrogens with one attached hydrogen (secondary N) is 1. The van der Waals surface area contributed by atoms with Crippen LogP contribution in [0, 0.1) is 5.82 Å². The van der Waals surface area contributed by atoms with Gasteiger partial charge in [-0.05, 0) is 43.3 Å². The van der Waals surface area contributed by atoms with E-state index in [1.165, 1.54) is 31.0 Å². The molecule has 0 saturated heterocycles. The molecule has 0 aliphatic carbocycles. The molecule has 2 aromatic carbocycles. The maximum absolute atomic E-state index is 13.6. The number of amides is 2. The summed E-state index contributed by atoms with van der Waals surface area (Å²) in [6, 6.07) is 12.1. The Kier molecular flexibility index (Phi) is 4.33. The van der Waals surface area contributed by atoms with Gasteiger partial charge in [-0.25, -0.2) is 9.18 Å². The summed E-state index contributed by atoms with van der Waals surface area (Å²) < 4.78 is 13.6. The molecule has 0 fully saturated rings. The lowest BCUT2D eigenvalue weighted by Gasteiger charge is -2.18. The number of anilines is 2.